The Morgan fingerprint density at radius 3 is 2.81 bits per heavy atom. The van der Waals surface area contributed by atoms with Crippen molar-refractivity contribution in [1.82, 2.24) is 4.57 Å². The first-order chi connectivity index (χ1) is 13.0. The minimum Gasteiger partial charge on any atom is -0.312 e. The van der Waals surface area contributed by atoms with Crippen molar-refractivity contribution in [2.24, 2.45) is 4.99 Å². The summed E-state index contributed by atoms with van der Waals surface area (Å²) in [6.45, 7) is 4.08. The molecular formula is C19H14ClN3O3S. The lowest BCUT2D eigenvalue weighted by Gasteiger charge is -2.00. The van der Waals surface area contributed by atoms with Crippen LogP contribution in [0, 0.1) is 10.1 Å². The Hall–Kier alpha value is -3.03. The van der Waals surface area contributed by atoms with E-state index in [4.69, 9.17) is 11.6 Å². The standard InChI is InChI=1S/C19H14ClN3O3S/c1-2-11-22-16-12-14(23(25)26)8-9-17(16)27-19(22)21-18(24)10-7-13-5-3-4-6-15(13)20/h2-10,12H,1,11H2/b10-7+,21-19?. The maximum Gasteiger partial charge on any atom is 0.272 e. The summed E-state index contributed by atoms with van der Waals surface area (Å²) in [4.78, 5) is 27.4. The number of carbonyl (C=O) groups is 1. The molecule has 0 N–H and O–H groups in total. The van der Waals surface area contributed by atoms with Crippen LogP contribution in [0.4, 0.5) is 5.69 Å². The number of halogens is 1. The fraction of sp³-hybridized carbons (Fsp3) is 0.0526. The fourth-order valence-corrected chi connectivity index (χ4v) is 3.69. The Labute approximate surface area is 163 Å². The largest absolute Gasteiger partial charge is 0.312 e. The molecular weight excluding hydrogens is 386 g/mol. The molecule has 3 aromatic rings. The summed E-state index contributed by atoms with van der Waals surface area (Å²) in [5, 5.41) is 11.6. The Morgan fingerprint density at radius 2 is 2.11 bits per heavy atom. The van der Waals surface area contributed by atoms with Crippen LogP contribution in [-0.4, -0.2) is 15.4 Å². The van der Waals surface area contributed by atoms with Gasteiger partial charge in [-0.1, -0.05) is 47.2 Å². The quantitative estimate of drug-likeness (QED) is 0.272. The Kier molecular flexibility index (Phi) is 5.63. The highest BCUT2D eigenvalue weighted by Crippen LogP contribution is 2.23. The van der Waals surface area contributed by atoms with Gasteiger partial charge in [-0.15, -0.1) is 6.58 Å². The number of allylic oxidation sites excluding steroid dienone is 1. The highest BCUT2D eigenvalue weighted by molar-refractivity contribution is 7.16. The van der Waals surface area contributed by atoms with E-state index < -0.39 is 10.8 Å². The van der Waals surface area contributed by atoms with Crippen LogP contribution < -0.4 is 4.80 Å². The van der Waals surface area contributed by atoms with Gasteiger partial charge < -0.3 is 4.57 Å². The van der Waals surface area contributed by atoms with Crippen molar-refractivity contribution in [3.05, 3.63) is 86.7 Å². The summed E-state index contributed by atoms with van der Waals surface area (Å²) in [7, 11) is 0. The summed E-state index contributed by atoms with van der Waals surface area (Å²) < 4.78 is 2.52. The first-order valence-corrected chi connectivity index (χ1v) is 9.09. The first-order valence-electron chi connectivity index (χ1n) is 7.89. The third-order valence-electron chi connectivity index (χ3n) is 3.70. The fourth-order valence-electron chi connectivity index (χ4n) is 2.46. The van der Waals surface area contributed by atoms with E-state index in [2.05, 4.69) is 11.6 Å². The average molecular weight is 400 g/mol. The molecule has 0 spiro atoms. The molecule has 0 bridgehead atoms. The minimum absolute atomic E-state index is 0.0189. The molecule has 0 saturated heterocycles. The third-order valence-corrected chi connectivity index (χ3v) is 5.11. The van der Waals surface area contributed by atoms with Crippen molar-refractivity contribution in [1.29, 1.82) is 0 Å². The van der Waals surface area contributed by atoms with Gasteiger partial charge in [-0.25, -0.2) is 0 Å². The lowest BCUT2D eigenvalue weighted by Crippen LogP contribution is -2.15. The van der Waals surface area contributed by atoms with Crippen molar-refractivity contribution >= 4 is 50.8 Å². The van der Waals surface area contributed by atoms with Crippen LogP contribution in [0.2, 0.25) is 5.02 Å². The summed E-state index contributed by atoms with van der Waals surface area (Å²) >= 11 is 7.35. The van der Waals surface area contributed by atoms with Crippen molar-refractivity contribution in [3.8, 4) is 0 Å². The Bertz CT molecular complexity index is 1140. The molecule has 0 atom stereocenters. The molecule has 136 valence electrons. The van der Waals surface area contributed by atoms with E-state index >= 15 is 0 Å². The maximum atomic E-state index is 12.3. The molecule has 3 rings (SSSR count). The summed E-state index contributed by atoms with van der Waals surface area (Å²) in [6.07, 6.45) is 4.59. The number of nitro groups is 1. The number of carbonyl (C=O) groups excluding carboxylic acids is 1. The number of benzene rings is 2. The van der Waals surface area contributed by atoms with Gasteiger partial charge in [0, 0.05) is 29.8 Å². The van der Waals surface area contributed by atoms with Gasteiger partial charge in [0.2, 0.25) is 0 Å². The van der Waals surface area contributed by atoms with Crippen molar-refractivity contribution in [3.63, 3.8) is 0 Å². The van der Waals surface area contributed by atoms with E-state index in [0.717, 1.165) is 4.70 Å². The molecule has 0 fully saturated rings. The number of aromatic nitrogens is 1. The van der Waals surface area contributed by atoms with Gasteiger partial charge in [-0.3, -0.25) is 14.9 Å². The molecule has 0 aliphatic rings. The number of hydrogen-bond acceptors (Lipinski definition) is 4. The SMILES string of the molecule is C=CCn1c(=NC(=O)/C=C/c2ccccc2Cl)sc2ccc([N+](=O)[O-])cc21. The zero-order valence-corrected chi connectivity index (χ0v) is 15.6. The summed E-state index contributed by atoms with van der Waals surface area (Å²) in [6, 6.07) is 11.7. The predicted octanol–water partition coefficient (Wildman–Crippen LogP) is 4.59. The molecule has 1 amide bonds. The van der Waals surface area contributed by atoms with Crippen LogP contribution in [0.3, 0.4) is 0 Å². The van der Waals surface area contributed by atoms with Crippen LogP contribution >= 0.6 is 22.9 Å². The molecule has 0 saturated carbocycles. The smallest absolute Gasteiger partial charge is 0.272 e. The van der Waals surface area contributed by atoms with Gasteiger partial charge in [0.15, 0.2) is 4.80 Å². The monoisotopic (exact) mass is 399 g/mol. The van der Waals surface area contributed by atoms with E-state index in [1.807, 2.05) is 6.07 Å². The number of nitro benzene ring substituents is 1. The molecule has 0 aliphatic carbocycles. The van der Waals surface area contributed by atoms with Crippen LogP contribution in [0.1, 0.15) is 5.56 Å². The molecule has 0 radical (unpaired) electrons. The molecule has 1 heterocycles. The van der Waals surface area contributed by atoms with E-state index in [0.29, 0.717) is 27.4 Å². The molecule has 27 heavy (non-hydrogen) atoms. The topological polar surface area (TPSA) is 77.5 Å². The molecule has 2 aromatic carbocycles. The summed E-state index contributed by atoms with van der Waals surface area (Å²) in [5.74, 6) is -0.450. The molecule has 8 heteroatoms. The number of hydrogen-bond donors (Lipinski definition) is 0. The van der Waals surface area contributed by atoms with E-state index in [-0.39, 0.29) is 5.69 Å². The minimum atomic E-state index is -0.455. The second-order valence-corrected chi connectivity index (χ2v) is 6.91. The van der Waals surface area contributed by atoms with E-state index in [1.54, 1.807) is 41.0 Å². The van der Waals surface area contributed by atoms with Gasteiger partial charge >= 0.3 is 0 Å². The second kappa shape index (κ2) is 8.11. The lowest BCUT2D eigenvalue weighted by atomic mass is 10.2. The second-order valence-electron chi connectivity index (χ2n) is 5.50. The number of nitrogens with zero attached hydrogens (tertiary/aromatic N) is 3. The maximum absolute atomic E-state index is 12.3. The van der Waals surface area contributed by atoms with Crippen LogP contribution in [0.5, 0.6) is 0 Å². The van der Waals surface area contributed by atoms with Crippen LogP contribution in [0.15, 0.2) is 66.2 Å². The third kappa shape index (κ3) is 4.21. The molecule has 1 aromatic heterocycles. The normalized spacial score (nSPS) is 12.0. The molecule has 6 nitrogen and oxygen atoms in total. The number of amides is 1. The van der Waals surface area contributed by atoms with E-state index in [9.17, 15) is 14.9 Å². The van der Waals surface area contributed by atoms with Gasteiger partial charge in [-0.2, -0.15) is 4.99 Å². The number of thiazole rings is 1. The van der Waals surface area contributed by atoms with Crippen molar-refractivity contribution in [2.75, 3.05) is 0 Å². The number of rotatable bonds is 5. The lowest BCUT2D eigenvalue weighted by molar-refractivity contribution is -0.384. The first kappa shape index (κ1) is 18.8. The zero-order chi connectivity index (χ0) is 19.4. The van der Waals surface area contributed by atoms with Gasteiger partial charge in [0.1, 0.15) is 0 Å². The van der Waals surface area contributed by atoms with Crippen molar-refractivity contribution in [2.45, 2.75) is 6.54 Å². The highest BCUT2D eigenvalue weighted by Gasteiger charge is 2.12. The van der Waals surface area contributed by atoms with Crippen LogP contribution in [0.25, 0.3) is 16.3 Å². The van der Waals surface area contributed by atoms with Crippen molar-refractivity contribution < 1.29 is 9.72 Å². The van der Waals surface area contributed by atoms with Gasteiger partial charge in [0.05, 0.1) is 15.1 Å². The number of fused-ring (bicyclic) bond motifs is 1. The predicted molar refractivity (Wildman–Crippen MR) is 108 cm³/mol. The Balaban J connectivity index is 2.03. The van der Waals surface area contributed by atoms with E-state index in [1.165, 1.54) is 29.5 Å². The van der Waals surface area contributed by atoms with Crippen LogP contribution in [-0.2, 0) is 11.3 Å². The zero-order valence-electron chi connectivity index (χ0n) is 14.0. The number of non-ortho nitro benzene ring substituents is 1. The average Bonchev–Trinajstić information content (AvgIpc) is 2.98. The Morgan fingerprint density at radius 1 is 1.33 bits per heavy atom. The summed E-state index contributed by atoms with van der Waals surface area (Å²) in [5.41, 5.74) is 1.33. The molecule has 0 aliphatic heterocycles. The van der Waals surface area contributed by atoms with Gasteiger partial charge in [0.25, 0.3) is 11.6 Å². The highest BCUT2D eigenvalue weighted by atomic mass is 35.5. The molecule has 0 unspecified atom stereocenters. The van der Waals surface area contributed by atoms with Gasteiger partial charge in [-0.05, 0) is 23.8 Å².